The number of hydrogen-bond acceptors (Lipinski definition) is 4. The van der Waals surface area contributed by atoms with Crippen LogP contribution in [0.5, 0.6) is 5.75 Å². The molecule has 0 radical (unpaired) electrons. The number of thioether (sulfide) groups is 1. The van der Waals surface area contributed by atoms with Crippen LogP contribution in [0.1, 0.15) is 6.92 Å². The van der Waals surface area contributed by atoms with Crippen molar-refractivity contribution in [2.24, 2.45) is 4.99 Å². The number of ether oxygens (including phenoxy) is 1. The Labute approximate surface area is 174 Å². The van der Waals surface area contributed by atoms with Crippen LogP contribution < -0.4 is 15.0 Å². The first kappa shape index (κ1) is 20.7. The predicted molar refractivity (Wildman–Crippen MR) is 110 cm³/mol. The number of nitrogens with one attached hydrogen (secondary N) is 1. The zero-order chi connectivity index (χ0) is 20.3. The van der Waals surface area contributed by atoms with Gasteiger partial charge >= 0.3 is 11.6 Å². The second-order valence-corrected chi connectivity index (χ2v) is 8.15. The number of rotatable bonds is 4. The molecule has 1 atom stereocenters. The lowest BCUT2D eigenvalue weighted by Crippen LogP contribution is -2.38. The van der Waals surface area contributed by atoms with Crippen molar-refractivity contribution in [3.8, 4) is 5.75 Å². The average molecular weight is 446 g/mol. The van der Waals surface area contributed by atoms with E-state index in [1.165, 1.54) is 40.9 Å². The molecule has 0 aromatic heterocycles. The highest BCUT2D eigenvalue weighted by Gasteiger charge is 2.29. The van der Waals surface area contributed by atoms with E-state index in [1.54, 1.807) is 24.3 Å². The minimum Gasteiger partial charge on any atom is -0.420 e. The molecule has 0 fully saturated rings. The van der Waals surface area contributed by atoms with E-state index in [4.69, 9.17) is 23.2 Å². The maximum atomic E-state index is 12.9. The summed E-state index contributed by atoms with van der Waals surface area (Å²) in [5, 5.41) is 4.05. The fraction of sp³-hybridized carbons (Fsp3) is 0.222. The molecule has 28 heavy (non-hydrogen) atoms. The SMILES string of the molecule is C[C@H]1CN=C(N(C(=O)Nc2ccc(Cl)cc2)c2ccc(OC(F)(F)Cl)cc2)S1. The fourth-order valence-corrected chi connectivity index (χ4v) is 3.58. The standard InChI is InChI=1S/C18H15Cl2F2N3O2S/c1-11-10-23-17(28-11)25(16(26)24-13-4-2-12(19)3-5-13)14-6-8-15(9-7-14)27-18(20,21)22/h2-9,11H,10H2,1H3,(H,24,26)/t11-/m0/s1. The summed E-state index contributed by atoms with van der Waals surface area (Å²) in [6.07, 6.45) is 0. The predicted octanol–water partition coefficient (Wildman–Crippen LogP) is 6.04. The van der Waals surface area contributed by atoms with Gasteiger partial charge in [0.2, 0.25) is 0 Å². The van der Waals surface area contributed by atoms with E-state index >= 15 is 0 Å². The Morgan fingerprint density at radius 2 is 1.89 bits per heavy atom. The molecule has 1 aliphatic rings. The Kier molecular flexibility index (Phi) is 6.32. The van der Waals surface area contributed by atoms with Crippen molar-refractivity contribution in [2.75, 3.05) is 16.8 Å². The number of aliphatic imine (C=N–C) groups is 1. The van der Waals surface area contributed by atoms with E-state index in [0.717, 1.165) is 0 Å². The van der Waals surface area contributed by atoms with E-state index in [0.29, 0.717) is 28.1 Å². The molecule has 0 bridgehead atoms. The molecule has 3 rings (SSSR count). The minimum atomic E-state index is -3.81. The number of carbonyl (C=O) groups excluding carboxylic acids is 1. The van der Waals surface area contributed by atoms with Gasteiger partial charge in [0.15, 0.2) is 5.17 Å². The van der Waals surface area contributed by atoms with E-state index in [9.17, 15) is 13.6 Å². The maximum absolute atomic E-state index is 12.9. The number of amidine groups is 1. The third-order valence-corrected chi connectivity index (χ3v) is 5.01. The second-order valence-electron chi connectivity index (χ2n) is 5.87. The third kappa shape index (κ3) is 5.50. The molecule has 0 spiro atoms. The molecule has 10 heteroatoms. The summed E-state index contributed by atoms with van der Waals surface area (Å²) < 4.78 is 29.9. The van der Waals surface area contributed by atoms with Gasteiger partial charge in [0, 0.05) is 27.6 Å². The first-order valence-corrected chi connectivity index (χ1v) is 9.78. The summed E-state index contributed by atoms with van der Waals surface area (Å²) in [7, 11) is 0. The number of amides is 2. The zero-order valence-corrected chi connectivity index (χ0v) is 16.9. The van der Waals surface area contributed by atoms with Crippen LogP contribution in [0.25, 0.3) is 0 Å². The molecule has 148 valence electrons. The van der Waals surface area contributed by atoms with Gasteiger partial charge in [-0.25, -0.2) is 9.69 Å². The van der Waals surface area contributed by atoms with Crippen molar-refractivity contribution in [1.29, 1.82) is 0 Å². The molecule has 5 nitrogen and oxygen atoms in total. The van der Waals surface area contributed by atoms with Gasteiger partial charge in [-0.1, -0.05) is 30.3 Å². The van der Waals surface area contributed by atoms with Gasteiger partial charge in [0.05, 0.1) is 12.2 Å². The summed E-state index contributed by atoms with van der Waals surface area (Å²) in [5.74, 6) is -0.129. The van der Waals surface area contributed by atoms with E-state index in [1.807, 2.05) is 6.92 Å². The molecular formula is C18H15Cl2F2N3O2S. The van der Waals surface area contributed by atoms with Gasteiger partial charge in [0.1, 0.15) is 5.75 Å². The van der Waals surface area contributed by atoms with Crippen LogP contribution in [0.15, 0.2) is 53.5 Å². The van der Waals surface area contributed by atoms with Crippen molar-refractivity contribution in [1.82, 2.24) is 0 Å². The number of hydrogen-bond donors (Lipinski definition) is 1. The van der Waals surface area contributed by atoms with Crippen molar-refractivity contribution in [3.05, 3.63) is 53.6 Å². The Morgan fingerprint density at radius 3 is 2.43 bits per heavy atom. The van der Waals surface area contributed by atoms with Gasteiger partial charge in [-0.15, -0.1) is 8.78 Å². The third-order valence-electron chi connectivity index (χ3n) is 3.61. The Morgan fingerprint density at radius 1 is 1.25 bits per heavy atom. The van der Waals surface area contributed by atoms with Gasteiger partial charge in [0.25, 0.3) is 0 Å². The lowest BCUT2D eigenvalue weighted by atomic mass is 10.3. The fourth-order valence-electron chi connectivity index (χ4n) is 2.41. The number of benzene rings is 2. The molecule has 0 saturated carbocycles. The van der Waals surface area contributed by atoms with Crippen molar-refractivity contribution >= 4 is 57.5 Å². The quantitative estimate of drug-likeness (QED) is 0.583. The first-order chi connectivity index (χ1) is 13.2. The monoisotopic (exact) mass is 445 g/mol. The average Bonchev–Trinajstić information content (AvgIpc) is 3.03. The number of urea groups is 1. The molecule has 0 unspecified atom stereocenters. The maximum Gasteiger partial charge on any atom is 0.487 e. The lowest BCUT2D eigenvalue weighted by Gasteiger charge is -2.23. The van der Waals surface area contributed by atoms with Crippen LogP contribution >= 0.6 is 35.0 Å². The highest BCUT2D eigenvalue weighted by atomic mass is 35.5. The molecule has 1 heterocycles. The number of carbonyl (C=O) groups is 1. The van der Waals surface area contributed by atoms with Gasteiger partial charge in [-0.2, -0.15) is 0 Å². The van der Waals surface area contributed by atoms with E-state index < -0.39 is 11.6 Å². The van der Waals surface area contributed by atoms with Crippen molar-refractivity contribution < 1.29 is 18.3 Å². The Hall–Kier alpha value is -2.03. The normalized spacial score (nSPS) is 16.5. The van der Waals surface area contributed by atoms with Crippen LogP contribution in [0.2, 0.25) is 5.02 Å². The number of halogens is 4. The number of alkyl halides is 3. The molecule has 0 aliphatic carbocycles. The van der Waals surface area contributed by atoms with Crippen LogP contribution in [0.4, 0.5) is 25.0 Å². The Bertz CT molecular complexity index is 874. The van der Waals surface area contributed by atoms with E-state index in [-0.39, 0.29) is 11.0 Å². The van der Waals surface area contributed by atoms with Crippen LogP contribution in [0.3, 0.4) is 0 Å². The van der Waals surface area contributed by atoms with Crippen molar-refractivity contribution in [2.45, 2.75) is 17.7 Å². The van der Waals surface area contributed by atoms with Crippen LogP contribution in [-0.4, -0.2) is 28.6 Å². The van der Waals surface area contributed by atoms with Crippen molar-refractivity contribution in [3.63, 3.8) is 0 Å². The summed E-state index contributed by atoms with van der Waals surface area (Å²) in [5.41, 5.74) is -2.82. The smallest absolute Gasteiger partial charge is 0.420 e. The van der Waals surface area contributed by atoms with Crippen LogP contribution in [-0.2, 0) is 0 Å². The molecule has 2 aromatic carbocycles. The molecule has 1 N–H and O–H groups in total. The number of nitrogens with zero attached hydrogens (tertiary/aromatic N) is 2. The number of anilines is 2. The van der Waals surface area contributed by atoms with Gasteiger partial charge < -0.3 is 10.1 Å². The summed E-state index contributed by atoms with van der Waals surface area (Å²) in [4.78, 5) is 18.7. The Balaban J connectivity index is 1.84. The highest BCUT2D eigenvalue weighted by Crippen LogP contribution is 2.31. The summed E-state index contributed by atoms with van der Waals surface area (Å²) >= 11 is 12.1. The second kappa shape index (κ2) is 8.55. The zero-order valence-electron chi connectivity index (χ0n) is 14.5. The van der Waals surface area contributed by atoms with Crippen LogP contribution in [0, 0.1) is 0 Å². The lowest BCUT2D eigenvalue weighted by molar-refractivity contribution is -0.0964. The van der Waals surface area contributed by atoms with E-state index in [2.05, 4.69) is 15.0 Å². The van der Waals surface area contributed by atoms with Gasteiger partial charge in [-0.3, -0.25) is 4.99 Å². The minimum absolute atomic E-state index is 0.129. The first-order valence-electron chi connectivity index (χ1n) is 8.15. The largest absolute Gasteiger partial charge is 0.487 e. The molecule has 2 amide bonds. The summed E-state index contributed by atoms with van der Waals surface area (Å²) in [6.45, 7) is 2.57. The molecular weight excluding hydrogens is 431 g/mol. The molecule has 2 aromatic rings. The molecule has 1 aliphatic heterocycles. The van der Waals surface area contributed by atoms with Gasteiger partial charge in [-0.05, 0) is 48.5 Å². The highest BCUT2D eigenvalue weighted by molar-refractivity contribution is 8.15. The summed E-state index contributed by atoms with van der Waals surface area (Å²) in [6, 6.07) is 11.8. The molecule has 0 saturated heterocycles. The topological polar surface area (TPSA) is 53.9 Å².